The predicted molar refractivity (Wildman–Crippen MR) is 68.0 cm³/mol. The van der Waals surface area contributed by atoms with E-state index in [0.29, 0.717) is 19.1 Å². The fraction of sp³-hybridized carbons (Fsp3) is 0.923. The van der Waals surface area contributed by atoms with Crippen molar-refractivity contribution in [3.05, 3.63) is 0 Å². The monoisotopic (exact) mass is 253 g/mol. The van der Waals surface area contributed by atoms with Crippen LogP contribution in [0.4, 0.5) is 0 Å². The number of nitrogens with one attached hydrogen (secondary N) is 2. The van der Waals surface area contributed by atoms with Crippen LogP contribution in [0.25, 0.3) is 0 Å². The number of nitrogens with two attached hydrogens (primary N) is 1. The van der Waals surface area contributed by atoms with E-state index in [1.807, 2.05) is 0 Å². The van der Waals surface area contributed by atoms with Crippen LogP contribution in [-0.2, 0) is 9.53 Å². The molecule has 1 aliphatic carbocycles. The van der Waals surface area contributed by atoms with Crippen LogP contribution >= 0.6 is 0 Å². The van der Waals surface area contributed by atoms with Gasteiger partial charge in [-0.05, 0) is 38.1 Å². The van der Waals surface area contributed by atoms with Gasteiger partial charge < -0.3 is 21.1 Å². The van der Waals surface area contributed by atoms with E-state index in [4.69, 9.17) is 10.5 Å². The molecule has 1 saturated carbocycles. The smallest absolute Gasteiger partial charge is 0.230 e. The summed E-state index contributed by atoms with van der Waals surface area (Å²) in [4.78, 5) is 12.5. The molecule has 0 spiro atoms. The van der Waals surface area contributed by atoms with Gasteiger partial charge in [-0.25, -0.2) is 0 Å². The third-order valence-electron chi connectivity index (χ3n) is 4.99. The second kappa shape index (κ2) is 4.47. The Labute approximate surface area is 108 Å². The molecule has 3 rings (SSSR count). The summed E-state index contributed by atoms with van der Waals surface area (Å²) in [6.07, 6.45) is 4.22. The largest absolute Gasteiger partial charge is 0.380 e. The second-order valence-corrected chi connectivity index (χ2v) is 6.22. The summed E-state index contributed by atoms with van der Waals surface area (Å²) in [5.74, 6) is 0.551. The Morgan fingerprint density at radius 1 is 1.50 bits per heavy atom. The zero-order chi connectivity index (χ0) is 12.6. The lowest BCUT2D eigenvalue weighted by Crippen LogP contribution is -2.59. The highest BCUT2D eigenvalue weighted by molar-refractivity contribution is 5.84. The van der Waals surface area contributed by atoms with Crippen LogP contribution in [-0.4, -0.2) is 44.3 Å². The molecule has 0 bridgehead atoms. The first kappa shape index (κ1) is 12.4. The molecule has 5 heteroatoms. The van der Waals surface area contributed by atoms with Gasteiger partial charge in [0.15, 0.2) is 0 Å². The number of ether oxygens (including phenoxy) is 1. The Kier molecular flexibility index (Phi) is 3.08. The van der Waals surface area contributed by atoms with E-state index in [2.05, 4.69) is 10.6 Å². The van der Waals surface area contributed by atoms with E-state index in [0.717, 1.165) is 39.0 Å². The zero-order valence-electron chi connectivity index (χ0n) is 10.8. The molecule has 2 aliphatic heterocycles. The summed E-state index contributed by atoms with van der Waals surface area (Å²) < 4.78 is 5.55. The lowest BCUT2D eigenvalue weighted by Gasteiger charge is -2.41. The molecule has 0 aromatic heterocycles. The molecule has 4 N–H and O–H groups in total. The predicted octanol–water partition coefficient (Wildman–Crippen LogP) is -0.390. The topological polar surface area (TPSA) is 76.4 Å². The molecule has 18 heavy (non-hydrogen) atoms. The van der Waals surface area contributed by atoms with Crippen molar-refractivity contribution in [2.75, 3.05) is 32.8 Å². The Balaban J connectivity index is 1.63. The summed E-state index contributed by atoms with van der Waals surface area (Å²) >= 11 is 0. The van der Waals surface area contributed by atoms with Crippen LogP contribution in [0.1, 0.15) is 25.7 Å². The van der Waals surface area contributed by atoms with Crippen LogP contribution in [0.2, 0.25) is 0 Å². The summed E-state index contributed by atoms with van der Waals surface area (Å²) in [5.41, 5.74) is 5.66. The molecule has 1 amide bonds. The van der Waals surface area contributed by atoms with Gasteiger partial charge in [-0.1, -0.05) is 0 Å². The summed E-state index contributed by atoms with van der Waals surface area (Å²) in [6.45, 7) is 3.61. The first-order valence-corrected chi connectivity index (χ1v) is 7.00. The van der Waals surface area contributed by atoms with E-state index in [-0.39, 0.29) is 16.9 Å². The van der Waals surface area contributed by atoms with Gasteiger partial charge in [0, 0.05) is 25.2 Å². The van der Waals surface area contributed by atoms with E-state index in [1.54, 1.807) is 0 Å². The minimum Gasteiger partial charge on any atom is -0.380 e. The molecule has 102 valence electrons. The van der Waals surface area contributed by atoms with Crippen molar-refractivity contribution in [1.29, 1.82) is 0 Å². The molecule has 3 fully saturated rings. The number of carbonyl (C=O) groups is 1. The maximum Gasteiger partial charge on any atom is 0.230 e. The molecule has 2 heterocycles. The molecule has 0 aromatic rings. The van der Waals surface area contributed by atoms with E-state index in [9.17, 15) is 4.79 Å². The molecule has 5 nitrogen and oxygen atoms in total. The van der Waals surface area contributed by atoms with Gasteiger partial charge in [-0.2, -0.15) is 0 Å². The lowest BCUT2D eigenvalue weighted by molar-refractivity contribution is -0.141. The minimum atomic E-state index is -0.349. The summed E-state index contributed by atoms with van der Waals surface area (Å²) in [6, 6.07) is 0. The van der Waals surface area contributed by atoms with Crippen molar-refractivity contribution in [3.63, 3.8) is 0 Å². The number of hydrogen-bond donors (Lipinski definition) is 3. The fourth-order valence-electron chi connectivity index (χ4n) is 3.41. The Morgan fingerprint density at radius 3 is 3.06 bits per heavy atom. The first-order chi connectivity index (χ1) is 8.65. The molecule has 2 saturated heterocycles. The minimum absolute atomic E-state index is 0.133. The molecule has 2 atom stereocenters. The third kappa shape index (κ3) is 1.94. The van der Waals surface area contributed by atoms with Crippen molar-refractivity contribution < 1.29 is 9.53 Å². The van der Waals surface area contributed by atoms with Gasteiger partial charge in [0.05, 0.1) is 12.0 Å². The maximum atomic E-state index is 12.5. The molecular formula is C13H23N3O2. The van der Waals surface area contributed by atoms with Crippen molar-refractivity contribution >= 4 is 5.91 Å². The van der Waals surface area contributed by atoms with Crippen LogP contribution in [0.3, 0.4) is 0 Å². The van der Waals surface area contributed by atoms with E-state index < -0.39 is 0 Å². The van der Waals surface area contributed by atoms with Gasteiger partial charge >= 0.3 is 0 Å². The highest BCUT2D eigenvalue weighted by atomic mass is 16.5. The molecular weight excluding hydrogens is 230 g/mol. The van der Waals surface area contributed by atoms with Gasteiger partial charge in [-0.3, -0.25) is 4.79 Å². The normalized spacial score (nSPS) is 37.7. The standard InChI is InChI=1S/C13H23N3O2/c14-12(3-1-4-12)7-16-11(17)13-8-15-6-10(13)2-5-18-9-13/h10,15H,1-9,14H2,(H,16,17)/t10-,13+/m1/s1. The van der Waals surface area contributed by atoms with Gasteiger partial charge in [0.1, 0.15) is 0 Å². The van der Waals surface area contributed by atoms with Gasteiger partial charge in [0.2, 0.25) is 5.91 Å². The zero-order valence-corrected chi connectivity index (χ0v) is 10.8. The molecule has 0 radical (unpaired) electrons. The first-order valence-electron chi connectivity index (χ1n) is 7.00. The Morgan fingerprint density at radius 2 is 2.33 bits per heavy atom. The quantitative estimate of drug-likeness (QED) is 0.640. The van der Waals surface area contributed by atoms with Crippen LogP contribution in [0, 0.1) is 11.3 Å². The second-order valence-electron chi connectivity index (χ2n) is 6.22. The average molecular weight is 253 g/mol. The number of amides is 1. The van der Waals surface area contributed by atoms with Gasteiger partial charge in [-0.15, -0.1) is 0 Å². The fourth-order valence-corrected chi connectivity index (χ4v) is 3.41. The van der Waals surface area contributed by atoms with E-state index in [1.165, 1.54) is 6.42 Å². The maximum absolute atomic E-state index is 12.5. The van der Waals surface area contributed by atoms with Crippen LogP contribution < -0.4 is 16.4 Å². The van der Waals surface area contributed by atoms with Crippen molar-refractivity contribution in [3.8, 4) is 0 Å². The Bertz CT molecular complexity index is 343. The number of fused-ring (bicyclic) bond motifs is 1. The van der Waals surface area contributed by atoms with Crippen molar-refractivity contribution in [1.82, 2.24) is 10.6 Å². The third-order valence-corrected chi connectivity index (χ3v) is 4.99. The van der Waals surface area contributed by atoms with Crippen LogP contribution in [0.15, 0.2) is 0 Å². The highest BCUT2D eigenvalue weighted by Gasteiger charge is 2.51. The molecule has 0 unspecified atom stereocenters. The number of hydrogen-bond acceptors (Lipinski definition) is 4. The lowest BCUT2D eigenvalue weighted by atomic mass is 9.74. The van der Waals surface area contributed by atoms with Crippen LogP contribution in [0.5, 0.6) is 0 Å². The highest BCUT2D eigenvalue weighted by Crippen LogP contribution is 2.38. The van der Waals surface area contributed by atoms with E-state index >= 15 is 0 Å². The Hall–Kier alpha value is -0.650. The summed E-state index contributed by atoms with van der Waals surface area (Å²) in [5, 5.41) is 6.41. The SMILES string of the molecule is NC1(CNC(=O)[C@]23CNC[C@H]2CCOC3)CCC1. The summed E-state index contributed by atoms with van der Waals surface area (Å²) in [7, 11) is 0. The molecule has 0 aromatic carbocycles. The average Bonchev–Trinajstić information content (AvgIpc) is 2.78. The number of rotatable bonds is 3. The van der Waals surface area contributed by atoms with Gasteiger partial charge in [0.25, 0.3) is 0 Å². The van der Waals surface area contributed by atoms with Crippen molar-refractivity contribution in [2.24, 2.45) is 17.1 Å². The molecule has 3 aliphatic rings. The van der Waals surface area contributed by atoms with Crippen molar-refractivity contribution in [2.45, 2.75) is 31.2 Å². The number of carbonyl (C=O) groups excluding carboxylic acids is 1.